The van der Waals surface area contributed by atoms with Crippen LogP contribution in [0.5, 0.6) is 0 Å². The van der Waals surface area contributed by atoms with E-state index in [4.69, 9.17) is 0 Å². The van der Waals surface area contributed by atoms with E-state index in [0.29, 0.717) is 5.69 Å². The van der Waals surface area contributed by atoms with Crippen LogP contribution in [0.2, 0.25) is 0 Å². The molecule has 0 saturated carbocycles. The number of piperazine rings is 3. The number of fused-ring (bicyclic) bond motifs is 3. The Bertz CT molecular complexity index is 937. The largest absolute Gasteiger partial charge is 0.319 e. The Balaban J connectivity index is 1.32. The molecular formula is C23H31N6O2+. The van der Waals surface area contributed by atoms with Crippen molar-refractivity contribution in [2.75, 3.05) is 52.4 Å². The van der Waals surface area contributed by atoms with Crippen LogP contribution in [-0.4, -0.2) is 66.7 Å². The number of aryl methyl sites for hydroxylation is 1. The Morgan fingerprint density at radius 2 is 1.77 bits per heavy atom. The number of hydrogen-bond donors (Lipinski definition) is 1. The predicted octanol–water partition coefficient (Wildman–Crippen LogP) is 4.12. The van der Waals surface area contributed by atoms with Crippen LogP contribution in [-0.2, 0) is 0 Å². The Morgan fingerprint density at radius 1 is 1.10 bits per heavy atom. The Morgan fingerprint density at radius 3 is 2.39 bits per heavy atom. The zero-order valence-electron chi connectivity index (χ0n) is 18.3. The van der Waals surface area contributed by atoms with Gasteiger partial charge in [-0.25, -0.2) is 0 Å². The average molecular weight is 424 g/mol. The second-order valence-electron chi connectivity index (χ2n) is 8.77. The second kappa shape index (κ2) is 9.21. The molecule has 3 aliphatic heterocycles. The highest BCUT2D eigenvalue weighted by Crippen LogP contribution is 2.26. The Labute approximate surface area is 183 Å². The topological polar surface area (TPSA) is 83.1 Å². The van der Waals surface area contributed by atoms with E-state index in [0.717, 1.165) is 17.8 Å². The van der Waals surface area contributed by atoms with Crippen molar-refractivity contribution in [2.24, 2.45) is 10.2 Å². The number of azo groups is 1. The van der Waals surface area contributed by atoms with Crippen LogP contribution in [0.4, 0.5) is 17.1 Å². The Kier molecular flexibility index (Phi) is 6.41. The zero-order chi connectivity index (χ0) is 21.8. The molecule has 3 aliphatic rings. The van der Waals surface area contributed by atoms with Gasteiger partial charge in [-0.1, -0.05) is 12.1 Å². The van der Waals surface area contributed by atoms with Crippen molar-refractivity contribution in [3.05, 3.63) is 63.7 Å². The number of nitrogens with one attached hydrogen (secondary N) is 1. The number of non-ortho nitro benzene ring substituents is 1. The van der Waals surface area contributed by atoms with E-state index in [9.17, 15) is 10.1 Å². The van der Waals surface area contributed by atoms with Crippen molar-refractivity contribution in [1.29, 1.82) is 0 Å². The number of nitrogens with zero attached hydrogens (tertiary/aromatic N) is 5. The summed E-state index contributed by atoms with van der Waals surface area (Å²) in [6.45, 7) is 14.1. The van der Waals surface area contributed by atoms with Crippen LogP contribution >= 0.6 is 0 Å². The second-order valence-corrected chi connectivity index (χ2v) is 8.77. The van der Waals surface area contributed by atoms with Crippen molar-refractivity contribution in [2.45, 2.75) is 19.9 Å². The van der Waals surface area contributed by atoms with Gasteiger partial charge < -0.3 is 9.80 Å². The Hall–Kier alpha value is -2.68. The molecule has 2 aromatic rings. The molecule has 8 nitrogen and oxygen atoms in total. The van der Waals surface area contributed by atoms with Crippen LogP contribution in [0.3, 0.4) is 0 Å². The fraction of sp³-hybridized carbons (Fsp3) is 0.478. The lowest BCUT2D eigenvalue weighted by molar-refractivity contribution is -0.939. The molecule has 8 heteroatoms. The molecule has 2 bridgehead atoms. The number of hydrogen-bond acceptors (Lipinski definition) is 6. The third-order valence-corrected chi connectivity index (χ3v) is 6.76. The van der Waals surface area contributed by atoms with Gasteiger partial charge in [0, 0.05) is 44.4 Å². The predicted molar refractivity (Wildman–Crippen MR) is 121 cm³/mol. The minimum atomic E-state index is -0.421. The molecule has 0 aliphatic carbocycles. The number of rotatable bonds is 8. The summed E-state index contributed by atoms with van der Waals surface area (Å²) >= 11 is 0. The molecule has 31 heavy (non-hydrogen) atoms. The quantitative estimate of drug-likeness (QED) is 0.300. The third-order valence-electron chi connectivity index (χ3n) is 6.76. The standard InChI is InChI=1S/C23H31N6O2/c1-18-17-20(19(2)24-9-13-29-14-10-27(11-15-29)12-16-29)3-8-23(18)26-25-21-4-6-22(7-5-21)28(30)31/h3-8,17,19,24H,9-16H2,1-2H3/q+1. The molecule has 3 fully saturated rings. The van der Waals surface area contributed by atoms with Crippen LogP contribution in [0.1, 0.15) is 24.1 Å². The summed E-state index contributed by atoms with van der Waals surface area (Å²) in [7, 11) is 0. The average Bonchev–Trinajstić information content (AvgIpc) is 2.79. The highest BCUT2D eigenvalue weighted by molar-refractivity contribution is 5.49. The van der Waals surface area contributed by atoms with Gasteiger partial charge in [0.05, 0.1) is 42.5 Å². The van der Waals surface area contributed by atoms with E-state index >= 15 is 0 Å². The van der Waals surface area contributed by atoms with Gasteiger partial charge in [0.15, 0.2) is 0 Å². The molecule has 0 spiro atoms. The highest BCUT2D eigenvalue weighted by atomic mass is 16.6. The van der Waals surface area contributed by atoms with Gasteiger partial charge in [-0.3, -0.25) is 15.0 Å². The summed E-state index contributed by atoms with van der Waals surface area (Å²) in [6.07, 6.45) is 0. The molecule has 2 aromatic carbocycles. The lowest BCUT2D eigenvalue weighted by atomic mass is 10.0. The molecule has 0 amide bonds. The third kappa shape index (κ3) is 5.15. The van der Waals surface area contributed by atoms with E-state index in [-0.39, 0.29) is 11.7 Å². The summed E-state index contributed by atoms with van der Waals surface area (Å²) < 4.78 is 1.28. The van der Waals surface area contributed by atoms with Gasteiger partial charge >= 0.3 is 0 Å². The first kappa shape index (κ1) is 21.5. The highest BCUT2D eigenvalue weighted by Gasteiger charge is 2.37. The van der Waals surface area contributed by atoms with Gasteiger partial charge in [0.25, 0.3) is 5.69 Å². The van der Waals surface area contributed by atoms with Gasteiger partial charge in [0.1, 0.15) is 0 Å². The van der Waals surface area contributed by atoms with Crippen molar-refractivity contribution in [3.8, 4) is 0 Å². The maximum Gasteiger partial charge on any atom is 0.269 e. The first-order valence-corrected chi connectivity index (χ1v) is 11.0. The molecule has 0 aromatic heterocycles. The monoisotopic (exact) mass is 423 g/mol. The number of nitro groups is 1. The molecule has 1 N–H and O–H groups in total. The molecule has 0 radical (unpaired) electrons. The summed E-state index contributed by atoms with van der Waals surface area (Å²) in [4.78, 5) is 12.9. The van der Waals surface area contributed by atoms with Crippen LogP contribution in [0.25, 0.3) is 0 Å². The minimum absolute atomic E-state index is 0.0494. The molecule has 3 saturated heterocycles. The van der Waals surface area contributed by atoms with Gasteiger partial charge in [-0.2, -0.15) is 10.2 Å². The molecule has 5 rings (SSSR count). The SMILES string of the molecule is Cc1cc(C(C)NCC[N+]23CCN(CC2)CC3)ccc1N=Nc1ccc([N+](=O)[O-])cc1. The molecule has 1 unspecified atom stereocenters. The number of benzene rings is 2. The molecular weight excluding hydrogens is 392 g/mol. The maximum atomic E-state index is 10.7. The minimum Gasteiger partial charge on any atom is -0.319 e. The van der Waals surface area contributed by atoms with E-state index in [1.54, 1.807) is 12.1 Å². The van der Waals surface area contributed by atoms with Crippen molar-refractivity contribution in [3.63, 3.8) is 0 Å². The van der Waals surface area contributed by atoms with Gasteiger partial charge in [0.2, 0.25) is 0 Å². The normalized spacial score (nSPS) is 23.9. The van der Waals surface area contributed by atoms with Gasteiger partial charge in [-0.15, -0.1) is 0 Å². The summed E-state index contributed by atoms with van der Waals surface area (Å²) in [6, 6.07) is 12.6. The fourth-order valence-corrected chi connectivity index (χ4v) is 4.52. The maximum absolute atomic E-state index is 10.7. The van der Waals surface area contributed by atoms with E-state index in [1.807, 2.05) is 13.0 Å². The van der Waals surface area contributed by atoms with E-state index in [2.05, 4.69) is 39.5 Å². The van der Waals surface area contributed by atoms with Crippen LogP contribution in [0, 0.1) is 17.0 Å². The van der Waals surface area contributed by atoms with E-state index in [1.165, 1.54) is 68.0 Å². The van der Waals surface area contributed by atoms with Crippen LogP contribution < -0.4 is 5.32 Å². The van der Waals surface area contributed by atoms with E-state index < -0.39 is 4.92 Å². The first-order chi connectivity index (χ1) is 14.9. The fourth-order valence-electron chi connectivity index (χ4n) is 4.52. The number of nitro benzene ring substituents is 1. The molecule has 1 atom stereocenters. The van der Waals surface area contributed by atoms with Crippen molar-refractivity contribution < 1.29 is 9.41 Å². The molecule has 3 heterocycles. The summed E-state index contributed by atoms with van der Waals surface area (Å²) in [5.74, 6) is 0. The molecule has 164 valence electrons. The first-order valence-electron chi connectivity index (χ1n) is 11.0. The van der Waals surface area contributed by atoms with Gasteiger partial charge in [-0.05, 0) is 43.2 Å². The van der Waals surface area contributed by atoms with Crippen molar-refractivity contribution in [1.82, 2.24) is 10.2 Å². The lowest BCUT2D eigenvalue weighted by Gasteiger charge is -2.50. The summed E-state index contributed by atoms with van der Waals surface area (Å²) in [5, 5.41) is 23.0. The summed E-state index contributed by atoms with van der Waals surface area (Å²) in [5.41, 5.74) is 3.75. The van der Waals surface area contributed by atoms with Crippen LogP contribution in [0.15, 0.2) is 52.7 Å². The smallest absolute Gasteiger partial charge is 0.269 e. The zero-order valence-corrected chi connectivity index (χ0v) is 18.3. The lowest BCUT2D eigenvalue weighted by Crippen LogP contribution is -2.68. The number of quaternary nitrogens is 1. The van der Waals surface area contributed by atoms with Crippen molar-refractivity contribution >= 4 is 17.1 Å².